The number of fused-ring (bicyclic) bond motifs is 1. The van der Waals surface area contributed by atoms with Crippen LogP contribution in [0.2, 0.25) is 10.0 Å². The smallest absolute Gasteiger partial charge is 0.180 e. The predicted molar refractivity (Wildman–Crippen MR) is 127 cm³/mol. The predicted octanol–water partition coefficient (Wildman–Crippen LogP) is 6.53. The van der Waals surface area contributed by atoms with E-state index in [1.165, 1.54) is 23.1 Å². The fourth-order valence-corrected chi connectivity index (χ4v) is 4.11. The van der Waals surface area contributed by atoms with E-state index < -0.39 is 5.82 Å². The molecular formula is C25H23Cl2FN2O2. The van der Waals surface area contributed by atoms with Gasteiger partial charge in [-0.3, -0.25) is 0 Å². The lowest BCUT2D eigenvalue weighted by Crippen LogP contribution is -2.16. The number of benzene rings is 3. The van der Waals surface area contributed by atoms with E-state index >= 15 is 0 Å². The normalized spacial score (nSPS) is 11.1. The van der Waals surface area contributed by atoms with Crippen molar-refractivity contribution in [3.05, 3.63) is 93.3 Å². The van der Waals surface area contributed by atoms with Gasteiger partial charge in [-0.15, -0.1) is 0 Å². The van der Waals surface area contributed by atoms with Crippen LogP contribution in [0.5, 0.6) is 11.5 Å². The highest BCUT2D eigenvalue weighted by Gasteiger charge is 2.13. The summed E-state index contributed by atoms with van der Waals surface area (Å²) in [6.07, 6.45) is 2.97. The minimum absolute atomic E-state index is 0.150. The molecule has 3 aromatic carbocycles. The molecule has 4 nitrogen and oxygen atoms in total. The number of rotatable bonds is 9. The van der Waals surface area contributed by atoms with Gasteiger partial charge in [-0.25, -0.2) is 4.39 Å². The Morgan fingerprint density at radius 1 is 1.00 bits per heavy atom. The monoisotopic (exact) mass is 472 g/mol. The summed E-state index contributed by atoms with van der Waals surface area (Å²) in [5.74, 6) is 0.567. The van der Waals surface area contributed by atoms with Crippen LogP contribution >= 0.6 is 23.2 Å². The van der Waals surface area contributed by atoms with E-state index in [1.807, 2.05) is 18.2 Å². The highest BCUT2D eigenvalue weighted by Crippen LogP contribution is 2.37. The van der Waals surface area contributed by atoms with Crippen LogP contribution in [0.15, 0.2) is 60.8 Å². The average molecular weight is 473 g/mol. The molecule has 32 heavy (non-hydrogen) atoms. The van der Waals surface area contributed by atoms with Crippen molar-refractivity contribution in [3.8, 4) is 11.5 Å². The van der Waals surface area contributed by atoms with Crippen LogP contribution in [0.3, 0.4) is 0 Å². The summed E-state index contributed by atoms with van der Waals surface area (Å²) in [5, 5.41) is 5.45. The molecule has 1 heterocycles. The van der Waals surface area contributed by atoms with Gasteiger partial charge in [0.25, 0.3) is 0 Å². The first-order valence-electron chi connectivity index (χ1n) is 10.2. The quantitative estimate of drug-likeness (QED) is 0.272. The molecule has 0 amide bonds. The Kier molecular flexibility index (Phi) is 7.20. The molecular weight excluding hydrogens is 450 g/mol. The van der Waals surface area contributed by atoms with Crippen molar-refractivity contribution in [2.75, 3.05) is 13.7 Å². The first-order valence-corrected chi connectivity index (χ1v) is 11.0. The molecule has 0 atom stereocenters. The molecule has 0 saturated carbocycles. The van der Waals surface area contributed by atoms with Gasteiger partial charge in [-0.1, -0.05) is 47.5 Å². The third kappa shape index (κ3) is 5.18. The van der Waals surface area contributed by atoms with E-state index in [0.29, 0.717) is 33.7 Å². The molecule has 0 saturated heterocycles. The van der Waals surface area contributed by atoms with Crippen LogP contribution in [0.1, 0.15) is 16.7 Å². The SMILES string of the molecule is COc1cc(CNCCc2c[nH]c3ccccc23)cc(Cl)c1OCc1ccc(F)cc1Cl. The van der Waals surface area contributed by atoms with Crippen LogP contribution in [-0.4, -0.2) is 18.6 Å². The number of aromatic amines is 1. The number of hydrogen-bond donors (Lipinski definition) is 2. The van der Waals surface area contributed by atoms with Gasteiger partial charge in [0.15, 0.2) is 11.5 Å². The Hall–Kier alpha value is -2.73. The summed E-state index contributed by atoms with van der Waals surface area (Å²) in [7, 11) is 1.57. The fraction of sp³-hybridized carbons (Fsp3) is 0.200. The summed E-state index contributed by atoms with van der Waals surface area (Å²) in [5.41, 5.74) is 4.08. The number of methoxy groups -OCH3 is 1. The second kappa shape index (κ2) is 10.3. The molecule has 0 spiro atoms. The molecule has 4 aromatic rings. The van der Waals surface area contributed by atoms with E-state index in [-0.39, 0.29) is 6.61 Å². The Bertz CT molecular complexity index is 1230. The van der Waals surface area contributed by atoms with Gasteiger partial charge in [-0.05, 0) is 54.4 Å². The molecule has 0 aliphatic rings. The summed E-state index contributed by atoms with van der Waals surface area (Å²) in [4.78, 5) is 3.30. The minimum atomic E-state index is -0.393. The van der Waals surface area contributed by atoms with Crippen molar-refractivity contribution in [3.63, 3.8) is 0 Å². The Balaban J connectivity index is 1.37. The van der Waals surface area contributed by atoms with Crippen molar-refractivity contribution in [2.24, 2.45) is 0 Å². The van der Waals surface area contributed by atoms with Crippen molar-refractivity contribution < 1.29 is 13.9 Å². The zero-order chi connectivity index (χ0) is 22.5. The van der Waals surface area contributed by atoms with Crippen molar-refractivity contribution >= 4 is 34.1 Å². The number of hydrogen-bond acceptors (Lipinski definition) is 3. The number of ether oxygens (including phenoxy) is 2. The van der Waals surface area contributed by atoms with Gasteiger partial charge in [-0.2, -0.15) is 0 Å². The van der Waals surface area contributed by atoms with E-state index in [1.54, 1.807) is 13.2 Å². The van der Waals surface area contributed by atoms with Gasteiger partial charge in [0.1, 0.15) is 12.4 Å². The van der Waals surface area contributed by atoms with Gasteiger partial charge in [0, 0.05) is 29.2 Å². The molecule has 4 rings (SSSR count). The largest absolute Gasteiger partial charge is 0.493 e. The zero-order valence-corrected chi connectivity index (χ0v) is 19.1. The summed E-state index contributed by atoms with van der Waals surface area (Å²) >= 11 is 12.6. The molecule has 166 valence electrons. The van der Waals surface area contributed by atoms with Gasteiger partial charge >= 0.3 is 0 Å². The first kappa shape index (κ1) is 22.5. The Morgan fingerprint density at radius 2 is 1.84 bits per heavy atom. The van der Waals surface area contributed by atoms with Crippen LogP contribution < -0.4 is 14.8 Å². The maximum Gasteiger partial charge on any atom is 0.180 e. The van der Waals surface area contributed by atoms with E-state index in [2.05, 4.69) is 34.7 Å². The van der Waals surface area contributed by atoms with Gasteiger partial charge in [0.05, 0.1) is 17.2 Å². The molecule has 0 unspecified atom stereocenters. The maximum absolute atomic E-state index is 13.2. The molecule has 1 aromatic heterocycles. The van der Waals surface area contributed by atoms with Gasteiger partial charge < -0.3 is 19.8 Å². The number of nitrogens with one attached hydrogen (secondary N) is 2. The second-order valence-electron chi connectivity index (χ2n) is 7.42. The summed E-state index contributed by atoms with van der Waals surface area (Å²) < 4.78 is 24.6. The molecule has 0 aliphatic carbocycles. The third-order valence-electron chi connectivity index (χ3n) is 5.25. The van der Waals surface area contributed by atoms with Crippen molar-refractivity contribution in [1.82, 2.24) is 10.3 Å². The minimum Gasteiger partial charge on any atom is -0.493 e. The van der Waals surface area contributed by atoms with Crippen LogP contribution in [0.25, 0.3) is 10.9 Å². The van der Waals surface area contributed by atoms with Crippen LogP contribution in [-0.2, 0) is 19.6 Å². The maximum atomic E-state index is 13.2. The molecule has 0 bridgehead atoms. The number of H-pyrrole nitrogens is 1. The zero-order valence-electron chi connectivity index (χ0n) is 17.6. The van der Waals surface area contributed by atoms with Crippen LogP contribution in [0.4, 0.5) is 4.39 Å². The molecule has 7 heteroatoms. The van der Waals surface area contributed by atoms with E-state index in [0.717, 1.165) is 24.0 Å². The van der Waals surface area contributed by atoms with Crippen LogP contribution in [0, 0.1) is 5.82 Å². The first-order chi connectivity index (χ1) is 15.5. The lowest BCUT2D eigenvalue weighted by atomic mass is 10.1. The Morgan fingerprint density at radius 3 is 2.66 bits per heavy atom. The summed E-state index contributed by atoms with van der Waals surface area (Å²) in [6.45, 7) is 1.61. The lowest BCUT2D eigenvalue weighted by molar-refractivity contribution is 0.284. The number of halogens is 3. The van der Waals surface area contributed by atoms with E-state index in [9.17, 15) is 4.39 Å². The molecule has 0 radical (unpaired) electrons. The fourth-order valence-electron chi connectivity index (χ4n) is 3.60. The number of para-hydroxylation sites is 1. The molecule has 0 fully saturated rings. The summed E-state index contributed by atoms with van der Waals surface area (Å²) in [6, 6.07) is 16.2. The lowest BCUT2D eigenvalue weighted by Gasteiger charge is -2.15. The topological polar surface area (TPSA) is 46.3 Å². The van der Waals surface area contributed by atoms with Gasteiger partial charge in [0.2, 0.25) is 0 Å². The molecule has 0 aliphatic heterocycles. The third-order valence-corrected chi connectivity index (χ3v) is 5.88. The Labute approximate surface area is 196 Å². The second-order valence-corrected chi connectivity index (χ2v) is 8.23. The molecule has 2 N–H and O–H groups in total. The van der Waals surface area contributed by atoms with Crippen molar-refractivity contribution in [1.29, 1.82) is 0 Å². The average Bonchev–Trinajstić information content (AvgIpc) is 3.20. The highest BCUT2D eigenvalue weighted by molar-refractivity contribution is 6.32. The van der Waals surface area contributed by atoms with E-state index in [4.69, 9.17) is 32.7 Å². The standard InChI is InChI=1S/C25H23Cl2FN2O2/c1-31-24-11-16(13-29-9-8-17-14-30-23-5-3-2-4-20(17)23)10-22(27)25(24)32-15-18-6-7-19(28)12-21(18)26/h2-7,10-12,14,29-30H,8-9,13,15H2,1H3. The number of aromatic nitrogens is 1. The van der Waals surface area contributed by atoms with Crippen molar-refractivity contribution in [2.45, 2.75) is 19.6 Å². The highest BCUT2D eigenvalue weighted by atomic mass is 35.5.